The molecule has 5 aliphatic rings. The fourth-order valence-corrected chi connectivity index (χ4v) is 6.72. The molecule has 0 aromatic heterocycles. The van der Waals surface area contributed by atoms with Crippen LogP contribution >= 0.6 is 0 Å². The van der Waals surface area contributed by atoms with Crippen molar-refractivity contribution in [1.29, 1.82) is 0 Å². The molecule has 124 valence electrons. The molecule has 1 N–H and O–H groups in total. The van der Waals surface area contributed by atoms with Crippen molar-refractivity contribution >= 4 is 5.91 Å². The van der Waals surface area contributed by atoms with Crippen molar-refractivity contribution in [3.05, 3.63) is 0 Å². The summed E-state index contributed by atoms with van der Waals surface area (Å²) in [6.45, 7) is 7.45. The summed E-state index contributed by atoms with van der Waals surface area (Å²) in [5.74, 6) is 4.47. The van der Waals surface area contributed by atoms with Gasteiger partial charge in [-0.25, -0.2) is 0 Å². The van der Waals surface area contributed by atoms with Gasteiger partial charge in [-0.05, 0) is 74.5 Å². The Bertz CT molecular complexity index is 401. The molecule has 4 saturated carbocycles. The van der Waals surface area contributed by atoms with Crippen LogP contribution in [0, 0.1) is 29.6 Å². The van der Waals surface area contributed by atoms with Crippen molar-refractivity contribution in [2.45, 2.75) is 64.3 Å². The Morgan fingerprint density at radius 3 is 1.95 bits per heavy atom. The summed E-state index contributed by atoms with van der Waals surface area (Å²) in [4.78, 5) is 15.0. The van der Waals surface area contributed by atoms with Gasteiger partial charge in [0.25, 0.3) is 0 Å². The lowest BCUT2D eigenvalue weighted by Crippen LogP contribution is -2.61. The van der Waals surface area contributed by atoms with Crippen LogP contribution in [-0.4, -0.2) is 36.0 Å². The van der Waals surface area contributed by atoms with Crippen LogP contribution in [0.1, 0.15) is 58.8 Å². The normalized spacial score (nSPS) is 47.6. The van der Waals surface area contributed by atoms with Crippen molar-refractivity contribution in [1.82, 2.24) is 10.2 Å². The Morgan fingerprint density at radius 2 is 1.45 bits per heavy atom. The summed E-state index contributed by atoms with van der Waals surface area (Å²) in [5, 5.41) is 3.52. The highest BCUT2D eigenvalue weighted by Crippen LogP contribution is 2.55. The van der Waals surface area contributed by atoms with Crippen molar-refractivity contribution in [2.24, 2.45) is 29.6 Å². The van der Waals surface area contributed by atoms with Gasteiger partial charge in [0.1, 0.15) is 0 Å². The van der Waals surface area contributed by atoms with Gasteiger partial charge in [-0.1, -0.05) is 13.8 Å². The zero-order chi connectivity index (χ0) is 15.3. The third-order valence-corrected chi connectivity index (χ3v) is 6.75. The molecule has 1 heterocycles. The van der Waals surface area contributed by atoms with E-state index in [1.54, 1.807) is 0 Å². The van der Waals surface area contributed by atoms with E-state index in [0.29, 0.717) is 12.5 Å². The third-order valence-electron chi connectivity index (χ3n) is 6.75. The molecule has 3 heteroatoms. The van der Waals surface area contributed by atoms with Gasteiger partial charge in [0.2, 0.25) is 5.91 Å². The number of likely N-dealkylation sites (tertiary alicyclic amines) is 1. The maximum Gasteiger partial charge on any atom is 0.234 e. The van der Waals surface area contributed by atoms with Crippen molar-refractivity contribution in [3.63, 3.8) is 0 Å². The van der Waals surface area contributed by atoms with Gasteiger partial charge >= 0.3 is 0 Å². The number of nitrogens with one attached hydrogen (secondary N) is 1. The SMILES string of the molecule is C[C@H]1C[C@H](C)CN(CC(=O)NC23CC4CC(CC(C4)C2)C3)C1. The molecule has 1 amide bonds. The lowest BCUT2D eigenvalue weighted by Gasteiger charge is -2.57. The predicted molar refractivity (Wildman–Crippen MR) is 88.4 cm³/mol. The van der Waals surface area contributed by atoms with Crippen LogP contribution in [0.15, 0.2) is 0 Å². The summed E-state index contributed by atoms with van der Waals surface area (Å²) >= 11 is 0. The van der Waals surface area contributed by atoms with Gasteiger partial charge < -0.3 is 5.32 Å². The molecule has 3 nitrogen and oxygen atoms in total. The Morgan fingerprint density at radius 1 is 0.955 bits per heavy atom. The highest BCUT2D eigenvalue weighted by atomic mass is 16.2. The first-order chi connectivity index (χ1) is 10.5. The zero-order valence-corrected chi connectivity index (χ0v) is 14.3. The van der Waals surface area contributed by atoms with E-state index in [1.165, 1.54) is 44.9 Å². The maximum atomic E-state index is 12.7. The van der Waals surface area contributed by atoms with E-state index in [0.717, 1.165) is 42.7 Å². The minimum Gasteiger partial charge on any atom is -0.350 e. The summed E-state index contributed by atoms with van der Waals surface area (Å²) in [6.07, 6.45) is 9.42. The fourth-order valence-electron chi connectivity index (χ4n) is 6.72. The molecule has 0 radical (unpaired) electrons. The van der Waals surface area contributed by atoms with Crippen LogP contribution in [0.2, 0.25) is 0 Å². The largest absolute Gasteiger partial charge is 0.350 e. The van der Waals surface area contributed by atoms with E-state index in [4.69, 9.17) is 0 Å². The van der Waals surface area contributed by atoms with Crippen LogP contribution in [0.4, 0.5) is 0 Å². The number of nitrogens with zero attached hydrogens (tertiary/aromatic N) is 1. The second-order valence-corrected chi connectivity index (χ2v) is 9.39. The minimum absolute atomic E-state index is 0.179. The van der Waals surface area contributed by atoms with Crippen LogP contribution in [0.3, 0.4) is 0 Å². The number of hydrogen-bond donors (Lipinski definition) is 1. The molecule has 22 heavy (non-hydrogen) atoms. The third kappa shape index (κ3) is 2.93. The smallest absolute Gasteiger partial charge is 0.234 e. The molecular formula is C19H32N2O. The molecule has 1 aliphatic heterocycles. The Labute approximate surface area is 135 Å². The number of amides is 1. The van der Waals surface area contributed by atoms with Crippen molar-refractivity contribution < 1.29 is 4.79 Å². The topological polar surface area (TPSA) is 32.3 Å². The first kappa shape index (κ1) is 15.0. The molecule has 0 unspecified atom stereocenters. The predicted octanol–water partition coefficient (Wildman–Crippen LogP) is 3.05. The van der Waals surface area contributed by atoms with Crippen molar-refractivity contribution in [3.8, 4) is 0 Å². The standard InChI is InChI=1S/C19H32N2O/c1-13-3-14(2)11-21(10-13)12-18(22)20-19-7-15-4-16(8-19)6-17(5-15)9-19/h13-17H,3-12H2,1-2H3,(H,20,22)/t13-,14-,15?,16?,17?,19?/m0/s1. The lowest BCUT2D eigenvalue weighted by molar-refractivity contribution is -0.128. The number of carbonyl (C=O) groups is 1. The van der Waals surface area contributed by atoms with Crippen LogP contribution in [0.25, 0.3) is 0 Å². The van der Waals surface area contributed by atoms with Crippen LogP contribution < -0.4 is 5.32 Å². The summed E-state index contributed by atoms with van der Waals surface area (Å²) in [7, 11) is 0. The van der Waals surface area contributed by atoms with E-state index in [-0.39, 0.29) is 5.54 Å². The molecule has 2 atom stereocenters. The van der Waals surface area contributed by atoms with Gasteiger partial charge in [0.15, 0.2) is 0 Å². The highest BCUT2D eigenvalue weighted by Gasteiger charge is 2.51. The second-order valence-electron chi connectivity index (χ2n) is 9.39. The van der Waals surface area contributed by atoms with E-state index in [9.17, 15) is 4.79 Å². The molecule has 4 aliphatic carbocycles. The van der Waals surface area contributed by atoms with Gasteiger partial charge in [-0.3, -0.25) is 9.69 Å². The number of piperidine rings is 1. The van der Waals surface area contributed by atoms with Gasteiger partial charge in [-0.2, -0.15) is 0 Å². The summed E-state index contributed by atoms with van der Waals surface area (Å²) < 4.78 is 0. The monoisotopic (exact) mass is 304 g/mol. The summed E-state index contributed by atoms with van der Waals surface area (Å²) in [6, 6.07) is 0. The van der Waals surface area contributed by atoms with E-state index >= 15 is 0 Å². The lowest BCUT2D eigenvalue weighted by atomic mass is 9.53. The second kappa shape index (κ2) is 5.51. The first-order valence-electron chi connectivity index (χ1n) is 9.53. The Balaban J connectivity index is 1.36. The molecule has 0 aromatic rings. The molecule has 0 spiro atoms. The van der Waals surface area contributed by atoms with Gasteiger partial charge in [-0.15, -0.1) is 0 Å². The molecule has 4 bridgehead atoms. The molecule has 5 fully saturated rings. The first-order valence-corrected chi connectivity index (χ1v) is 9.53. The highest BCUT2D eigenvalue weighted by molar-refractivity contribution is 5.79. The average Bonchev–Trinajstić information content (AvgIpc) is 2.33. The molecule has 0 aromatic carbocycles. The number of rotatable bonds is 3. The van der Waals surface area contributed by atoms with Gasteiger partial charge in [0.05, 0.1) is 6.54 Å². The zero-order valence-electron chi connectivity index (χ0n) is 14.3. The Kier molecular flexibility index (Phi) is 3.75. The molecular weight excluding hydrogens is 272 g/mol. The maximum absolute atomic E-state index is 12.7. The quantitative estimate of drug-likeness (QED) is 0.869. The van der Waals surface area contributed by atoms with E-state index < -0.39 is 0 Å². The van der Waals surface area contributed by atoms with E-state index in [1.807, 2.05) is 0 Å². The molecule has 1 saturated heterocycles. The van der Waals surface area contributed by atoms with Gasteiger partial charge in [0, 0.05) is 18.6 Å². The summed E-state index contributed by atoms with van der Waals surface area (Å²) in [5.41, 5.74) is 0.179. The number of carbonyl (C=O) groups excluding carboxylic acids is 1. The van der Waals surface area contributed by atoms with Crippen LogP contribution in [0.5, 0.6) is 0 Å². The fraction of sp³-hybridized carbons (Fsp3) is 0.947. The molecule has 5 rings (SSSR count). The van der Waals surface area contributed by atoms with Crippen LogP contribution in [-0.2, 0) is 4.79 Å². The van der Waals surface area contributed by atoms with Crippen molar-refractivity contribution in [2.75, 3.05) is 19.6 Å². The average molecular weight is 304 g/mol. The minimum atomic E-state index is 0.179. The number of hydrogen-bond acceptors (Lipinski definition) is 2. The Hall–Kier alpha value is -0.570. The van der Waals surface area contributed by atoms with E-state index in [2.05, 4.69) is 24.1 Å².